The molecule has 4 nitrogen and oxygen atoms in total. The van der Waals surface area contributed by atoms with Crippen molar-refractivity contribution in [3.8, 4) is 5.75 Å². The van der Waals surface area contributed by atoms with Crippen LogP contribution in [-0.4, -0.2) is 9.79 Å². The van der Waals surface area contributed by atoms with Gasteiger partial charge in [-0.2, -0.15) is 0 Å². The van der Waals surface area contributed by atoms with Crippen LogP contribution in [0.15, 0.2) is 30.3 Å². The number of phosphoric ester groups is 1. The van der Waals surface area contributed by atoms with Crippen molar-refractivity contribution in [3.63, 3.8) is 0 Å². The SMILES string of the molecule is O=P(O)(O)Oc1ccccc1.[CH3][La]. The Kier molecular flexibility index (Phi) is 6.95. The van der Waals surface area contributed by atoms with Gasteiger partial charge in [0, 0.05) is 0 Å². The third kappa shape index (κ3) is 7.44. The summed E-state index contributed by atoms with van der Waals surface area (Å²) in [5.74, 6) is 0.167. The van der Waals surface area contributed by atoms with E-state index < -0.39 is 7.82 Å². The van der Waals surface area contributed by atoms with Crippen molar-refractivity contribution in [2.75, 3.05) is 0 Å². The first-order chi connectivity index (χ1) is 6.08. The van der Waals surface area contributed by atoms with Gasteiger partial charge in [0.05, 0.1) is 0 Å². The minimum absolute atomic E-state index is 0.167. The average Bonchev–Trinajstić information content (AvgIpc) is 2.07. The molecule has 0 amide bonds. The standard InChI is InChI=1S/C6H7O4P.CH3.La/c7-11(8,9)10-6-4-2-1-3-5-6;;/h1-5H,(H2,7,8,9);1H3;. The number of phosphoric acid groups is 1. The summed E-state index contributed by atoms with van der Waals surface area (Å²) in [4.78, 5) is 16.7. The van der Waals surface area contributed by atoms with Gasteiger partial charge in [0.25, 0.3) is 0 Å². The van der Waals surface area contributed by atoms with E-state index in [1.807, 2.05) is 0 Å². The molecule has 70 valence electrons. The zero-order chi connectivity index (χ0) is 10.3. The molecule has 0 aromatic heterocycles. The second kappa shape index (κ2) is 6.76. The maximum atomic E-state index is 10.3. The van der Waals surface area contributed by atoms with Gasteiger partial charge in [0.15, 0.2) is 0 Å². The van der Waals surface area contributed by atoms with Gasteiger partial charge < -0.3 is 4.52 Å². The minimum atomic E-state index is -4.39. The first-order valence-electron chi connectivity index (χ1n) is 3.46. The van der Waals surface area contributed by atoms with Crippen LogP contribution in [0.5, 0.6) is 5.75 Å². The fraction of sp³-hybridized carbons (Fsp3) is 0.143. The summed E-state index contributed by atoms with van der Waals surface area (Å²) in [7, 11) is -4.39. The predicted octanol–water partition coefficient (Wildman–Crippen LogP) is 1.74. The van der Waals surface area contributed by atoms with Gasteiger partial charge in [-0.15, -0.1) is 0 Å². The molecule has 1 aromatic carbocycles. The summed E-state index contributed by atoms with van der Waals surface area (Å²) < 4.78 is 16.7. The molecular weight excluding hydrogens is 318 g/mol. The van der Waals surface area contributed by atoms with Gasteiger partial charge in [-0.3, -0.25) is 9.79 Å². The van der Waals surface area contributed by atoms with E-state index in [-0.39, 0.29) is 5.75 Å². The summed E-state index contributed by atoms with van der Waals surface area (Å²) in [6.45, 7) is 0. The molecule has 0 saturated heterocycles. The molecule has 0 spiro atoms. The first-order valence-corrected chi connectivity index (χ1v) is 8.61. The predicted molar refractivity (Wildman–Crippen MR) is 45.0 cm³/mol. The van der Waals surface area contributed by atoms with Gasteiger partial charge >= 0.3 is 44.9 Å². The van der Waals surface area contributed by atoms with Crippen LogP contribution in [0, 0.1) is 33.7 Å². The van der Waals surface area contributed by atoms with E-state index >= 15 is 0 Å². The fourth-order valence-corrected chi connectivity index (χ4v) is 1.02. The molecular formula is C7H10LaO4P. The molecule has 0 bridgehead atoms. The third-order valence-corrected chi connectivity index (χ3v) is 1.42. The van der Waals surface area contributed by atoms with Gasteiger partial charge in [0.2, 0.25) is 0 Å². The molecule has 0 aliphatic rings. The van der Waals surface area contributed by atoms with Crippen LogP contribution in [0.1, 0.15) is 0 Å². The van der Waals surface area contributed by atoms with Crippen molar-refractivity contribution >= 4 is 7.82 Å². The quantitative estimate of drug-likeness (QED) is 0.812. The van der Waals surface area contributed by atoms with Gasteiger partial charge in [-0.1, -0.05) is 18.2 Å². The van der Waals surface area contributed by atoms with Gasteiger partial charge in [0.1, 0.15) is 5.75 Å². The second-order valence-electron chi connectivity index (χ2n) is 1.89. The Hall–Kier alpha value is 0.365. The van der Waals surface area contributed by atoms with Crippen LogP contribution in [0.4, 0.5) is 0 Å². The van der Waals surface area contributed by atoms with Crippen molar-refractivity contribution in [1.82, 2.24) is 0 Å². The van der Waals surface area contributed by atoms with Crippen LogP contribution in [0.3, 0.4) is 0 Å². The Morgan fingerprint density at radius 3 is 2.08 bits per heavy atom. The van der Waals surface area contributed by atoms with Gasteiger partial charge in [-0.05, 0) is 12.1 Å². The average molecular weight is 328 g/mol. The summed E-state index contributed by atoms with van der Waals surface area (Å²) in [6.07, 6.45) is 0. The zero-order valence-electron chi connectivity index (χ0n) is 7.12. The van der Waals surface area contributed by atoms with E-state index in [9.17, 15) is 4.57 Å². The Morgan fingerprint density at radius 2 is 1.69 bits per heavy atom. The van der Waals surface area contributed by atoms with Crippen molar-refractivity contribution in [3.05, 3.63) is 30.3 Å². The molecule has 0 radical (unpaired) electrons. The first kappa shape index (κ1) is 13.4. The summed E-state index contributed by atoms with van der Waals surface area (Å²) in [5.41, 5.74) is 0. The molecule has 0 fully saturated rings. The fourth-order valence-electron chi connectivity index (χ4n) is 0.619. The Bertz CT molecular complexity index is 271. The summed E-state index contributed by atoms with van der Waals surface area (Å²) in [5, 5.41) is 0. The van der Waals surface area contributed by atoms with Crippen molar-refractivity contribution in [2.24, 2.45) is 0 Å². The van der Waals surface area contributed by atoms with E-state index in [4.69, 9.17) is 9.79 Å². The molecule has 1 rings (SSSR count). The molecule has 0 heterocycles. The van der Waals surface area contributed by atoms with Crippen LogP contribution in [0.25, 0.3) is 0 Å². The number of rotatable bonds is 2. The Balaban J connectivity index is 0.000000671. The molecule has 1 aromatic rings. The number of benzene rings is 1. The van der Waals surface area contributed by atoms with Crippen molar-refractivity contribution in [1.29, 1.82) is 0 Å². The Labute approximate surface area is 99.2 Å². The summed E-state index contributed by atoms with van der Waals surface area (Å²) in [6, 6.07) is 7.93. The third-order valence-electron chi connectivity index (χ3n) is 0.968. The molecule has 2 N–H and O–H groups in total. The van der Waals surface area contributed by atoms with E-state index in [0.717, 1.165) is 0 Å². The van der Waals surface area contributed by atoms with E-state index in [1.54, 1.807) is 18.2 Å². The molecule has 0 aliphatic heterocycles. The zero-order valence-corrected chi connectivity index (χ0v) is 11.6. The number of hydrogen-bond donors (Lipinski definition) is 2. The second-order valence-corrected chi connectivity index (χ2v) is 3.06. The molecule has 0 unspecified atom stereocenters. The van der Waals surface area contributed by atoms with Crippen molar-refractivity contribution < 1.29 is 52.6 Å². The summed E-state index contributed by atoms with van der Waals surface area (Å²) >= 11 is 1.17. The van der Waals surface area contributed by atoms with E-state index in [2.05, 4.69) is 7.85 Å². The molecule has 0 atom stereocenters. The monoisotopic (exact) mass is 328 g/mol. The normalized spacial score (nSPS) is 9.69. The van der Waals surface area contributed by atoms with E-state index in [1.165, 1.54) is 45.9 Å². The molecule has 0 saturated carbocycles. The van der Waals surface area contributed by atoms with Crippen LogP contribution in [-0.2, 0) is 4.57 Å². The Morgan fingerprint density at radius 1 is 1.23 bits per heavy atom. The van der Waals surface area contributed by atoms with Crippen LogP contribution < -0.4 is 4.52 Å². The molecule has 13 heavy (non-hydrogen) atoms. The number of hydrogen-bond acceptors (Lipinski definition) is 2. The topological polar surface area (TPSA) is 66.8 Å². The maximum absolute atomic E-state index is 10.3. The molecule has 0 aliphatic carbocycles. The van der Waals surface area contributed by atoms with Crippen LogP contribution >= 0.6 is 7.82 Å². The molecule has 6 heteroatoms. The number of para-hydroxylation sites is 1. The van der Waals surface area contributed by atoms with Gasteiger partial charge in [-0.25, -0.2) is 4.57 Å². The van der Waals surface area contributed by atoms with Crippen LogP contribution in [0.2, 0.25) is 3.33 Å². The van der Waals surface area contributed by atoms with Crippen molar-refractivity contribution in [2.45, 2.75) is 3.33 Å². The van der Waals surface area contributed by atoms with E-state index in [0.29, 0.717) is 0 Å².